The largest absolute Gasteiger partial charge is 0.456 e. The number of rotatable bonds is 3. The van der Waals surface area contributed by atoms with Crippen molar-refractivity contribution in [2.24, 2.45) is 5.73 Å². The van der Waals surface area contributed by atoms with Crippen LogP contribution in [0.5, 0.6) is 11.5 Å². The van der Waals surface area contributed by atoms with Gasteiger partial charge in [0, 0.05) is 12.2 Å². The number of benzene rings is 1. The Kier molecular flexibility index (Phi) is 3.17. The van der Waals surface area contributed by atoms with Crippen molar-refractivity contribution in [2.75, 3.05) is 0 Å². The van der Waals surface area contributed by atoms with Crippen LogP contribution in [-0.4, -0.2) is 4.98 Å². The number of hydrogen-bond donors (Lipinski definition) is 1. The molecule has 0 radical (unpaired) electrons. The number of aromatic nitrogens is 1. The van der Waals surface area contributed by atoms with E-state index in [1.165, 1.54) is 0 Å². The van der Waals surface area contributed by atoms with Crippen molar-refractivity contribution >= 4 is 0 Å². The second kappa shape index (κ2) is 4.77. The summed E-state index contributed by atoms with van der Waals surface area (Å²) in [4.78, 5) is 3.98. The topological polar surface area (TPSA) is 48.1 Å². The Balaban J connectivity index is 2.11. The van der Waals surface area contributed by atoms with E-state index in [9.17, 15) is 0 Å². The fourth-order valence-electron chi connectivity index (χ4n) is 1.38. The standard InChI is InChI=1S/C13H14N2O/c1-10(14)11-4-6-12(7-5-11)16-13-3-2-8-15-9-13/h2-10H,14H2,1H3/t10-/m1/s1. The van der Waals surface area contributed by atoms with Gasteiger partial charge >= 0.3 is 0 Å². The van der Waals surface area contributed by atoms with Crippen LogP contribution in [-0.2, 0) is 0 Å². The Hall–Kier alpha value is -1.87. The molecule has 1 heterocycles. The fourth-order valence-corrected chi connectivity index (χ4v) is 1.38. The minimum atomic E-state index is 0.0486. The molecule has 3 nitrogen and oxygen atoms in total. The molecule has 2 aromatic rings. The zero-order chi connectivity index (χ0) is 11.4. The van der Waals surface area contributed by atoms with Crippen molar-refractivity contribution in [3.8, 4) is 11.5 Å². The quantitative estimate of drug-likeness (QED) is 0.854. The van der Waals surface area contributed by atoms with Gasteiger partial charge in [-0.2, -0.15) is 0 Å². The van der Waals surface area contributed by atoms with Crippen LogP contribution < -0.4 is 10.5 Å². The average molecular weight is 214 g/mol. The maximum absolute atomic E-state index is 5.77. The van der Waals surface area contributed by atoms with Crippen molar-refractivity contribution in [1.82, 2.24) is 4.98 Å². The molecule has 1 atom stereocenters. The van der Waals surface area contributed by atoms with Gasteiger partial charge in [-0.3, -0.25) is 4.98 Å². The van der Waals surface area contributed by atoms with Gasteiger partial charge in [-0.25, -0.2) is 0 Å². The molecule has 82 valence electrons. The molecule has 0 aliphatic heterocycles. The summed E-state index contributed by atoms with van der Waals surface area (Å²) in [5.41, 5.74) is 6.86. The first kappa shape index (κ1) is 10.6. The van der Waals surface area contributed by atoms with E-state index in [0.29, 0.717) is 0 Å². The summed E-state index contributed by atoms with van der Waals surface area (Å²) in [5, 5.41) is 0. The zero-order valence-corrected chi connectivity index (χ0v) is 9.13. The van der Waals surface area contributed by atoms with Crippen molar-refractivity contribution < 1.29 is 4.74 Å². The first-order chi connectivity index (χ1) is 7.75. The SMILES string of the molecule is C[C@@H](N)c1ccc(Oc2cccnc2)cc1. The Morgan fingerprint density at radius 2 is 1.88 bits per heavy atom. The second-order valence-corrected chi connectivity index (χ2v) is 3.65. The molecule has 1 aromatic carbocycles. The summed E-state index contributed by atoms with van der Waals surface area (Å²) >= 11 is 0. The minimum absolute atomic E-state index is 0.0486. The third-order valence-electron chi connectivity index (χ3n) is 2.28. The van der Waals surface area contributed by atoms with Gasteiger partial charge in [-0.05, 0) is 36.8 Å². The molecule has 0 aliphatic rings. The average Bonchev–Trinajstić information content (AvgIpc) is 2.31. The highest BCUT2D eigenvalue weighted by molar-refractivity contribution is 5.32. The molecule has 2 rings (SSSR count). The third-order valence-corrected chi connectivity index (χ3v) is 2.28. The maximum atomic E-state index is 5.77. The first-order valence-electron chi connectivity index (χ1n) is 5.19. The molecule has 0 amide bonds. The van der Waals surface area contributed by atoms with E-state index >= 15 is 0 Å². The van der Waals surface area contributed by atoms with Crippen LogP contribution >= 0.6 is 0 Å². The lowest BCUT2D eigenvalue weighted by Gasteiger charge is -2.08. The highest BCUT2D eigenvalue weighted by atomic mass is 16.5. The summed E-state index contributed by atoms with van der Waals surface area (Å²) < 4.78 is 5.61. The summed E-state index contributed by atoms with van der Waals surface area (Å²) in [6.07, 6.45) is 3.39. The van der Waals surface area contributed by atoms with Crippen LogP contribution in [0.3, 0.4) is 0 Å². The van der Waals surface area contributed by atoms with Crippen LogP contribution in [0.15, 0.2) is 48.8 Å². The van der Waals surface area contributed by atoms with Gasteiger partial charge in [0.05, 0.1) is 6.20 Å². The Bertz CT molecular complexity index is 437. The predicted octanol–water partition coefficient (Wildman–Crippen LogP) is 2.89. The minimum Gasteiger partial charge on any atom is -0.456 e. The van der Waals surface area contributed by atoms with E-state index in [4.69, 9.17) is 10.5 Å². The lowest BCUT2D eigenvalue weighted by atomic mass is 10.1. The number of hydrogen-bond acceptors (Lipinski definition) is 3. The van der Waals surface area contributed by atoms with Gasteiger partial charge in [0.15, 0.2) is 0 Å². The van der Waals surface area contributed by atoms with Gasteiger partial charge in [-0.15, -0.1) is 0 Å². The lowest BCUT2D eigenvalue weighted by molar-refractivity contribution is 0.480. The van der Waals surface area contributed by atoms with E-state index in [0.717, 1.165) is 17.1 Å². The smallest absolute Gasteiger partial charge is 0.145 e. The van der Waals surface area contributed by atoms with Crippen LogP contribution in [0.25, 0.3) is 0 Å². The van der Waals surface area contributed by atoms with E-state index in [-0.39, 0.29) is 6.04 Å². The van der Waals surface area contributed by atoms with Gasteiger partial charge in [0.25, 0.3) is 0 Å². The highest BCUT2D eigenvalue weighted by Crippen LogP contribution is 2.21. The molecular formula is C13H14N2O. The Labute approximate surface area is 94.9 Å². The summed E-state index contributed by atoms with van der Waals surface area (Å²) in [7, 11) is 0. The maximum Gasteiger partial charge on any atom is 0.145 e. The summed E-state index contributed by atoms with van der Waals surface area (Å²) in [6.45, 7) is 1.96. The molecule has 3 heteroatoms. The molecule has 16 heavy (non-hydrogen) atoms. The van der Waals surface area contributed by atoms with E-state index < -0.39 is 0 Å². The number of nitrogens with zero attached hydrogens (tertiary/aromatic N) is 1. The molecule has 0 spiro atoms. The monoisotopic (exact) mass is 214 g/mol. The number of pyridine rings is 1. The molecule has 0 aliphatic carbocycles. The molecule has 0 saturated heterocycles. The highest BCUT2D eigenvalue weighted by Gasteiger charge is 2.00. The molecule has 0 unspecified atom stereocenters. The van der Waals surface area contributed by atoms with Crippen LogP contribution in [0.2, 0.25) is 0 Å². The van der Waals surface area contributed by atoms with Crippen molar-refractivity contribution in [2.45, 2.75) is 13.0 Å². The van der Waals surface area contributed by atoms with Gasteiger partial charge in [-0.1, -0.05) is 12.1 Å². The van der Waals surface area contributed by atoms with Crippen molar-refractivity contribution in [1.29, 1.82) is 0 Å². The molecule has 1 aromatic heterocycles. The fraction of sp³-hybridized carbons (Fsp3) is 0.154. The van der Waals surface area contributed by atoms with E-state index in [1.54, 1.807) is 12.4 Å². The van der Waals surface area contributed by atoms with Gasteiger partial charge < -0.3 is 10.5 Å². The zero-order valence-electron chi connectivity index (χ0n) is 9.13. The summed E-state index contributed by atoms with van der Waals surface area (Å²) in [5.74, 6) is 1.52. The number of nitrogens with two attached hydrogens (primary N) is 1. The predicted molar refractivity (Wildman–Crippen MR) is 63.4 cm³/mol. The lowest BCUT2D eigenvalue weighted by Crippen LogP contribution is -2.04. The summed E-state index contributed by atoms with van der Waals surface area (Å²) in [6, 6.07) is 11.5. The van der Waals surface area contributed by atoms with E-state index in [2.05, 4.69) is 4.98 Å². The normalized spacial score (nSPS) is 12.1. The third kappa shape index (κ3) is 2.58. The molecule has 0 saturated carbocycles. The molecule has 0 fully saturated rings. The van der Waals surface area contributed by atoms with E-state index in [1.807, 2.05) is 43.3 Å². The van der Waals surface area contributed by atoms with Crippen molar-refractivity contribution in [3.63, 3.8) is 0 Å². The first-order valence-corrected chi connectivity index (χ1v) is 5.19. The van der Waals surface area contributed by atoms with Crippen LogP contribution in [0, 0.1) is 0 Å². The van der Waals surface area contributed by atoms with Gasteiger partial charge in [0.2, 0.25) is 0 Å². The second-order valence-electron chi connectivity index (χ2n) is 3.65. The van der Waals surface area contributed by atoms with Crippen molar-refractivity contribution in [3.05, 3.63) is 54.4 Å². The number of ether oxygens (including phenoxy) is 1. The molecule has 2 N–H and O–H groups in total. The van der Waals surface area contributed by atoms with Crippen LogP contribution in [0.4, 0.5) is 0 Å². The van der Waals surface area contributed by atoms with Crippen LogP contribution in [0.1, 0.15) is 18.5 Å². The molecule has 0 bridgehead atoms. The Morgan fingerprint density at radius 3 is 2.44 bits per heavy atom. The van der Waals surface area contributed by atoms with Gasteiger partial charge in [0.1, 0.15) is 11.5 Å². The molecular weight excluding hydrogens is 200 g/mol. The Morgan fingerprint density at radius 1 is 1.12 bits per heavy atom.